The van der Waals surface area contributed by atoms with E-state index in [1.54, 1.807) is 48.5 Å². The molecule has 2 aromatic rings. The predicted octanol–water partition coefficient (Wildman–Crippen LogP) is 2.60. The molecule has 1 amide bonds. The minimum Gasteiger partial charge on any atom is -0.399 e. The molecule has 0 spiro atoms. The number of benzene rings is 2. The van der Waals surface area contributed by atoms with E-state index in [0.717, 1.165) is 0 Å². The third kappa shape index (κ3) is 4.10. The van der Waals surface area contributed by atoms with Crippen molar-refractivity contribution in [3.8, 4) is 12.1 Å². The van der Waals surface area contributed by atoms with E-state index in [1.165, 1.54) is 6.20 Å². The lowest BCUT2D eigenvalue weighted by Crippen LogP contribution is -2.14. The summed E-state index contributed by atoms with van der Waals surface area (Å²) >= 11 is 0. The second-order valence-electron chi connectivity index (χ2n) is 4.55. The minimum atomic E-state index is -0.556. The Morgan fingerprint density at radius 3 is 2.43 bits per heavy atom. The molecule has 112 valence electrons. The van der Waals surface area contributed by atoms with Gasteiger partial charge >= 0.3 is 0 Å². The van der Waals surface area contributed by atoms with Crippen LogP contribution in [0.1, 0.15) is 5.56 Å². The lowest BCUT2D eigenvalue weighted by Gasteiger charge is -2.06. The van der Waals surface area contributed by atoms with Gasteiger partial charge in [0, 0.05) is 17.6 Å². The highest BCUT2D eigenvalue weighted by Gasteiger charge is 2.09. The van der Waals surface area contributed by atoms with Crippen molar-refractivity contribution in [3.05, 3.63) is 65.9 Å². The summed E-state index contributed by atoms with van der Waals surface area (Å²) in [6.07, 6.45) is 1.27. The van der Waals surface area contributed by atoms with Gasteiger partial charge in [-0.25, -0.2) is 0 Å². The molecule has 0 bridgehead atoms. The molecule has 0 fully saturated rings. The van der Waals surface area contributed by atoms with Crippen LogP contribution in [-0.2, 0) is 4.79 Å². The third-order valence-corrected chi connectivity index (χ3v) is 2.95. The highest BCUT2D eigenvalue weighted by atomic mass is 16.1. The van der Waals surface area contributed by atoms with Gasteiger partial charge in [-0.1, -0.05) is 12.1 Å². The van der Waals surface area contributed by atoms with Crippen molar-refractivity contribution in [3.63, 3.8) is 0 Å². The van der Waals surface area contributed by atoms with Crippen LogP contribution in [0, 0.1) is 22.7 Å². The molecule has 2 rings (SSSR count). The molecule has 0 unspecified atom stereocenters. The molecule has 0 aliphatic heterocycles. The van der Waals surface area contributed by atoms with E-state index in [9.17, 15) is 4.79 Å². The summed E-state index contributed by atoms with van der Waals surface area (Å²) in [5, 5.41) is 23.5. The van der Waals surface area contributed by atoms with E-state index < -0.39 is 5.91 Å². The van der Waals surface area contributed by atoms with Gasteiger partial charge in [0.1, 0.15) is 17.7 Å². The lowest BCUT2D eigenvalue weighted by atomic mass is 10.2. The van der Waals surface area contributed by atoms with Crippen LogP contribution in [0.25, 0.3) is 0 Å². The van der Waals surface area contributed by atoms with Crippen LogP contribution in [0.3, 0.4) is 0 Å². The number of nitrogens with zero attached hydrogens (tertiary/aromatic N) is 2. The number of anilines is 3. The van der Waals surface area contributed by atoms with Gasteiger partial charge in [0.15, 0.2) is 0 Å². The van der Waals surface area contributed by atoms with Crippen molar-refractivity contribution in [2.75, 3.05) is 16.4 Å². The normalized spacial score (nSPS) is 10.3. The van der Waals surface area contributed by atoms with Crippen LogP contribution in [0.2, 0.25) is 0 Å². The van der Waals surface area contributed by atoms with Gasteiger partial charge in [0.2, 0.25) is 0 Å². The van der Waals surface area contributed by atoms with Crippen LogP contribution in [-0.4, -0.2) is 5.91 Å². The number of nitrogens with one attached hydrogen (secondary N) is 2. The fourth-order valence-corrected chi connectivity index (χ4v) is 1.77. The Morgan fingerprint density at radius 2 is 1.78 bits per heavy atom. The summed E-state index contributed by atoms with van der Waals surface area (Å²) in [6, 6.07) is 17.2. The Labute approximate surface area is 133 Å². The van der Waals surface area contributed by atoms with Crippen molar-refractivity contribution < 1.29 is 4.79 Å². The number of carbonyl (C=O) groups excluding carboxylic acids is 1. The molecular weight excluding hydrogens is 290 g/mol. The van der Waals surface area contributed by atoms with E-state index in [1.807, 2.05) is 12.1 Å². The third-order valence-electron chi connectivity index (χ3n) is 2.95. The largest absolute Gasteiger partial charge is 0.399 e. The van der Waals surface area contributed by atoms with Gasteiger partial charge in [-0.3, -0.25) is 4.79 Å². The summed E-state index contributed by atoms with van der Waals surface area (Å²) in [5.41, 5.74) is 7.50. The molecule has 0 aliphatic rings. The van der Waals surface area contributed by atoms with Crippen molar-refractivity contribution in [1.82, 2.24) is 0 Å². The molecule has 0 aromatic heterocycles. The average molecular weight is 303 g/mol. The van der Waals surface area contributed by atoms with Gasteiger partial charge in [0.05, 0.1) is 11.3 Å². The zero-order valence-corrected chi connectivity index (χ0v) is 12.1. The van der Waals surface area contributed by atoms with Crippen molar-refractivity contribution in [2.24, 2.45) is 0 Å². The molecule has 4 N–H and O–H groups in total. The number of amides is 1. The van der Waals surface area contributed by atoms with Crippen LogP contribution in [0.4, 0.5) is 17.1 Å². The van der Waals surface area contributed by atoms with Crippen molar-refractivity contribution in [1.29, 1.82) is 10.5 Å². The number of nitriles is 2. The Bertz CT molecular complexity index is 825. The molecule has 0 radical (unpaired) electrons. The van der Waals surface area contributed by atoms with Crippen molar-refractivity contribution in [2.45, 2.75) is 0 Å². The molecule has 0 aliphatic carbocycles. The standard InChI is InChI=1S/C17H13N5O/c18-9-12-3-1-2-4-16(12)21-11-13(10-19)17(23)22-15-7-5-14(20)6-8-15/h1-8,11,21H,20H2,(H,22,23)/b13-11-. The lowest BCUT2D eigenvalue weighted by molar-refractivity contribution is -0.112. The number of rotatable bonds is 4. The van der Waals surface area contributed by atoms with Crippen molar-refractivity contribution >= 4 is 23.0 Å². The minimum absolute atomic E-state index is 0.116. The predicted molar refractivity (Wildman–Crippen MR) is 88.0 cm³/mol. The number of hydrogen-bond acceptors (Lipinski definition) is 5. The summed E-state index contributed by atoms with van der Waals surface area (Å²) in [4.78, 5) is 12.1. The molecule has 0 heterocycles. The summed E-state index contributed by atoms with van der Waals surface area (Å²) in [7, 11) is 0. The monoisotopic (exact) mass is 303 g/mol. The van der Waals surface area contributed by atoms with Gasteiger partial charge in [-0.2, -0.15) is 10.5 Å². The second kappa shape index (κ2) is 7.30. The highest BCUT2D eigenvalue weighted by Crippen LogP contribution is 2.15. The molecule has 23 heavy (non-hydrogen) atoms. The first-order valence-electron chi connectivity index (χ1n) is 6.67. The maximum absolute atomic E-state index is 12.1. The second-order valence-corrected chi connectivity index (χ2v) is 4.55. The van der Waals surface area contributed by atoms with Gasteiger partial charge in [-0.05, 0) is 36.4 Å². The van der Waals surface area contributed by atoms with E-state index in [2.05, 4.69) is 10.6 Å². The summed E-state index contributed by atoms with van der Waals surface area (Å²) < 4.78 is 0. The fourth-order valence-electron chi connectivity index (χ4n) is 1.77. The number of carbonyl (C=O) groups is 1. The first kappa shape index (κ1) is 15.6. The maximum Gasteiger partial charge on any atom is 0.267 e. The topological polar surface area (TPSA) is 115 Å². The number of nitrogens with two attached hydrogens (primary N) is 1. The van der Waals surface area contributed by atoms with Gasteiger partial charge in [-0.15, -0.1) is 0 Å². The Morgan fingerprint density at radius 1 is 1.09 bits per heavy atom. The van der Waals surface area contributed by atoms with Gasteiger partial charge < -0.3 is 16.4 Å². The van der Waals surface area contributed by atoms with Crippen LogP contribution >= 0.6 is 0 Å². The summed E-state index contributed by atoms with van der Waals surface area (Å²) in [6.45, 7) is 0. The quantitative estimate of drug-likeness (QED) is 0.456. The zero-order valence-electron chi connectivity index (χ0n) is 12.1. The summed E-state index contributed by atoms with van der Waals surface area (Å²) in [5.74, 6) is -0.556. The Balaban J connectivity index is 2.12. The molecule has 0 saturated heterocycles. The van der Waals surface area contributed by atoms with Crippen LogP contribution in [0.5, 0.6) is 0 Å². The fraction of sp³-hybridized carbons (Fsp3) is 0. The number of para-hydroxylation sites is 1. The molecule has 6 nitrogen and oxygen atoms in total. The molecule has 2 aromatic carbocycles. The average Bonchev–Trinajstić information content (AvgIpc) is 2.58. The van der Waals surface area contributed by atoms with E-state index in [0.29, 0.717) is 22.6 Å². The maximum atomic E-state index is 12.1. The number of hydrogen-bond donors (Lipinski definition) is 3. The molecule has 0 atom stereocenters. The molecule has 6 heteroatoms. The first-order valence-corrected chi connectivity index (χ1v) is 6.67. The van der Waals surface area contributed by atoms with E-state index in [-0.39, 0.29) is 5.57 Å². The van der Waals surface area contributed by atoms with Crippen LogP contribution < -0.4 is 16.4 Å². The SMILES string of the molecule is N#C/C(=C/Nc1ccccc1C#N)C(=O)Nc1ccc(N)cc1. The van der Waals surface area contributed by atoms with E-state index >= 15 is 0 Å². The van der Waals surface area contributed by atoms with Crippen LogP contribution in [0.15, 0.2) is 60.3 Å². The van der Waals surface area contributed by atoms with E-state index in [4.69, 9.17) is 16.3 Å². The Kier molecular flexibility index (Phi) is 4.96. The number of nitrogen functional groups attached to an aromatic ring is 1. The van der Waals surface area contributed by atoms with Gasteiger partial charge in [0.25, 0.3) is 5.91 Å². The zero-order chi connectivity index (χ0) is 16.7. The molecule has 0 saturated carbocycles. The molecular formula is C17H13N5O. The highest BCUT2D eigenvalue weighted by molar-refractivity contribution is 6.06. The smallest absolute Gasteiger partial charge is 0.267 e. The first-order chi connectivity index (χ1) is 11.1. The Hall–Kier alpha value is -3.77.